The molecule has 0 amide bonds. The average Bonchev–Trinajstić information content (AvgIpc) is 2.38. The van der Waals surface area contributed by atoms with E-state index in [1.54, 1.807) is 0 Å². The first-order valence-electron chi connectivity index (χ1n) is 5.73. The Morgan fingerprint density at radius 3 is 2.25 bits per heavy atom. The van der Waals surface area contributed by atoms with Crippen molar-refractivity contribution >= 4 is 0 Å². The zero-order chi connectivity index (χ0) is 11.4. The van der Waals surface area contributed by atoms with Gasteiger partial charge >= 0.3 is 0 Å². The fraction of sp³-hybridized carbons (Fsp3) is 0.286. The van der Waals surface area contributed by atoms with Gasteiger partial charge in [0.25, 0.3) is 0 Å². The van der Waals surface area contributed by atoms with Crippen LogP contribution in [0.2, 0.25) is 0 Å². The van der Waals surface area contributed by atoms with Gasteiger partial charge in [-0.25, -0.2) is 0 Å². The number of hydrogen-bond donors (Lipinski definition) is 0. The van der Waals surface area contributed by atoms with Crippen molar-refractivity contribution in [2.45, 2.75) is 26.7 Å². The summed E-state index contributed by atoms with van der Waals surface area (Å²) in [6, 6.07) is 4.17. The van der Waals surface area contributed by atoms with Crippen molar-refractivity contribution < 1.29 is 0 Å². The summed E-state index contributed by atoms with van der Waals surface area (Å²) >= 11 is 0. The van der Waals surface area contributed by atoms with Gasteiger partial charge in [0.2, 0.25) is 0 Å². The van der Waals surface area contributed by atoms with E-state index in [4.69, 9.17) is 0 Å². The monoisotopic (exact) mass is 212 g/mol. The molecule has 2 heteroatoms. The number of pyridine rings is 2. The summed E-state index contributed by atoms with van der Waals surface area (Å²) in [7, 11) is 0. The SMILES string of the molecule is CCc1cnccc1-c1cnccc1CC. The Kier molecular flexibility index (Phi) is 3.30. The lowest BCUT2D eigenvalue weighted by atomic mass is 9.96. The Balaban J connectivity index is 2.58. The van der Waals surface area contributed by atoms with E-state index >= 15 is 0 Å². The molecule has 0 saturated heterocycles. The molecule has 2 aromatic heterocycles. The van der Waals surface area contributed by atoms with Crippen LogP contribution in [0.15, 0.2) is 36.9 Å². The first kappa shape index (κ1) is 10.8. The van der Waals surface area contributed by atoms with Crippen LogP contribution in [-0.4, -0.2) is 9.97 Å². The minimum absolute atomic E-state index is 1.00. The van der Waals surface area contributed by atoms with E-state index < -0.39 is 0 Å². The van der Waals surface area contributed by atoms with Crippen LogP contribution in [0.1, 0.15) is 25.0 Å². The third-order valence-electron chi connectivity index (χ3n) is 2.87. The maximum Gasteiger partial charge on any atom is 0.0349 e. The van der Waals surface area contributed by atoms with Crippen molar-refractivity contribution in [2.75, 3.05) is 0 Å². The highest BCUT2D eigenvalue weighted by Gasteiger charge is 2.07. The van der Waals surface area contributed by atoms with Crippen LogP contribution in [0, 0.1) is 0 Å². The van der Waals surface area contributed by atoms with Gasteiger partial charge < -0.3 is 0 Å². The van der Waals surface area contributed by atoms with Gasteiger partial charge in [0.15, 0.2) is 0 Å². The number of aryl methyl sites for hydroxylation is 2. The molecule has 16 heavy (non-hydrogen) atoms. The molecule has 0 aromatic carbocycles. The maximum atomic E-state index is 4.22. The second-order valence-electron chi connectivity index (χ2n) is 3.77. The van der Waals surface area contributed by atoms with Crippen LogP contribution < -0.4 is 0 Å². The Morgan fingerprint density at radius 1 is 0.812 bits per heavy atom. The van der Waals surface area contributed by atoms with Crippen molar-refractivity contribution in [3.05, 3.63) is 48.0 Å². The van der Waals surface area contributed by atoms with Crippen LogP contribution in [0.4, 0.5) is 0 Å². The largest absolute Gasteiger partial charge is 0.264 e. The van der Waals surface area contributed by atoms with Gasteiger partial charge in [-0.1, -0.05) is 13.8 Å². The predicted octanol–water partition coefficient (Wildman–Crippen LogP) is 3.27. The Morgan fingerprint density at radius 2 is 1.50 bits per heavy atom. The highest BCUT2D eigenvalue weighted by atomic mass is 14.6. The third kappa shape index (κ3) is 1.96. The molecule has 0 spiro atoms. The average molecular weight is 212 g/mol. The molecule has 0 aliphatic carbocycles. The highest BCUT2D eigenvalue weighted by molar-refractivity contribution is 5.69. The Labute approximate surface area is 96.4 Å². The van der Waals surface area contributed by atoms with E-state index in [0.717, 1.165) is 12.8 Å². The van der Waals surface area contributed by atoms with Crippen molar-refractivity contribution in [1.29, 1.82) is 0 Å². The van der Waals surface area contributed by atoms with Crippen molar-refractivity contribution in [2.24, 2.45) is 0 Å². The van der Waals surface area contributed by atoms with Crippen LogP contribution in [0.3, 0.4) is 0 Å². The summed E-state index contributed by atoms with van der Waals surface area (Å²) in [5.41, 5.74) is 5.13. The second kappa shape index (κ2) is 4.88. The fourth-order valence-corrected chi connectivity index (χ4v) is 1.95. The second-order valence-corrected chi connectivity index (χ2v) is 3.77. The zero-order valence-electron chi connectivity index (χ0n) is 9.77. The molecule has 0 aliphatic rings. The molecule has 82 valence electrons. The van der Waals surface area contributed by atoms with Crippen LogP contribution in [-0.2, 0) is 12.8 Å². The van der Waals surface area contributed by atoms with Gasteiger partial charge in [-0.05, 0) is 41.7 Å². The van der Waals surface area contributed by atoms with Gasteiger partial charge in [0, 0.05) is 30.4 Å². The van der Waals surface area contributed by atoms with Gasteiger partial charge in [-0.15, -0.1) is 0 Å². The number of nitrogens with zero attached hydrogens (tertiary/aromatic N) is 2. The lowest BCUT2D eigenvalue weighted by molar-refractivity contribution is 1.09. The van der Waals surface area contributed by atoms with Gasteiger partial charge in [0.1, 0.15) is 0 Å². The van der Waals surface area contributed by atoms with Gasteiger partial charge in [-0.3, -0.25) is 9.97 Å². The zero-order valence-corrected chi connectivity index (χ0v) is 9.77. The van der Waals surface area contributed by atoms with E-state index in [1.165, 1.54) is 22.3 Å². The van der Waals surface area contributed by atoms with E-state index in [0.29, 0.717) is 0 Å². The summed E-state index contributed by atoms with van der Waals surface area (Å²) in [5, 5.41) is 0. The molecule has 0 atom stereocenters. The summed E-state index contributed by atoms with van der Waals surface area (Å²) in [4.78, 5) is 8.40. The minimum atomic E-state index is 1.00. The molecule has 2 rings (SSSR count). The summed E-state index contributed by atoms with van der Waals surface area (Å²) in [5.74, 6) is 0. The van der Waals surface area contributed by atoms with E-state index in [-0.39, 0.29) is 0 Å². The quantitative estimate of drug-likeness (QED) is 0.780. The topological polar surface area (TPSA) is 25.8 Å². The third-order valence-corrected chi connectivity index (χ3v) is 2.87. The predicted molar refractivity (Wildman–Crippen MR) is 66.2 cm³/mol. The summed E-state index contributed by atoms with van der Waals surface area (Å²) in [6.45, 7) is 4.33. The number of hydrogen-bond acceptors (Lipinski definition) is 2. The van der Waals surface area contributed by atoms with Gasteiger partial charge in [-0.2, -0.15) is 0 Å². The molecule has 0 aliphatic heterocycles. The molecule has 0 bridgehead atoms. The smallest absolute Gasteiger partial charge is 0.0349 e. The summed E-state index contributed by atoms with van der Waals surface area (Å²) in [6.07, 6.45) is 9.63. The van der Waals surface area contributed by atoms with Crippen molar-refractivity contribution in [3.63, 3.8) is 0 Å². The number of aromatic nitrogens is 2. The number of rotatable bonds is 3. The van der Waals surface area contributed by atoms with Crippen LogP contribution >= 0.6 is 0 Å². The standard InChI is InChI=1S/C14H16N2/c1-3-11-5-7-16-10-14(11)13-6-8-15-9-12(13)4-2/h5-10H,3-4H2,1-2H3. The molecular formula is C14H16N2. The van der Waals surface area contributed by atoms with E-state index in [2.05, 4.69) is 35.9 Å². The molecule has 2 aromatic rings. The lowest BCUT2D eigenvalue weighted by Gasteiger charge is -2.10. The Bertz CT molecular complexity index is 432. The lowest BCUT2D eigenvalue weighted by Crippen LogP contribution is -1.94. The van der Waals surface area contributed by atoms with Crippen LogP contribution in [0.5, 0.6) is 0 Å². The highest BCUT2D eigenvalue weighted by Crippen LogP contribution is 2.26. The van der Waals surface area contributed by atoms with E-state index in [1.807, 2.05) is 24.8 Å². The molecule has 2 heterocycles. The maximum absolute atomic E-state index is 4.22. The first-order chi connectivity index (χ1) is 7.86. The first-order valence-corrected chi connectivity index (χ1v) is 5.73. The van der Waals surface area contributed by atoms with Crippen molar-refractivity contribution in [1.82, 2.24) is 9.97 Å². The molecule has 0 N–H and O–H groups in total. The normalized spacial score (nSPS) is 10.4. The van der Waals surface area contributed by atoms with Crippen molar-refractivity contribution in [3.8, 4) is 11.1 Å². The molecular weight excluding hydrogens is 196 g/mol. The molecule has 2 nitrogen and oxygen atoms in total. The molecule has 0 saturated carbocycles. The molecule has 0 unspecified atom stereocenters. The van der Waals surface area contributed by atoms with Crippen LogP contribution in [0.25, 0.3) is 11.1 Å². The summed E-state index contributed by atoms with van der Waals surface area (Å²) < 4.78 is 0. The molecule has 0 radical (unpaired) electrons. The Hall–Kier alpha value is -1.70. The minimum Gasteiger partial charge on any atom is -0.264 e. The van der Waals surface area contributed by atoms with E-state index in [9.17, 15) is 0 Å². The molecule has 0 fully saturated rings. The van der Waals surface area contributed by atoms with Gasteiger partial charge in [0.05, 0.1) is 0 Å². The fourth-order valence-electron chi connectivity index (χ4n) is 1.95.